The number of carbonyl (C=O) groups is 2. The zero-order chi connectivity index (χ0) is 13.6. The lowest BCUT2D eigenvalue weighted by molar-refractivity contribution is -0.150. The number of aliphatic hydroxyl groups excluding tert-OH is 2. The predicted molar refractivity (Wildman–Crippen MR) is 47.3 cm³/mol. The summed E-state index contributed by atoms with van der Waals surface area (Å²) in [7, 11) is -4.63. The maximum Gasteiger partial charge on any atom is 0.469 e. The van der Waals surface area contributed by atoms with Crippen LogP contribution in [0.4, 0.5) is 0 Å². The third-order valence-corrected chi connectivity index (χ3v) is 1.96. The van der Waals surface area contributed by atoms with E-state index in [1.165, 1.54) is 0 Å². The van der Waals surface area contributed by atoms with Gasteiger partial charge in [0.15, 0.2) is 0 Å². The van der Waals surface area contributed by atoms with Crippen molar-refractivity contribution in [2.75, 3.05) is 6.61 Å². The second kappa shape index (κ2) is 6.04. The van der Waals surface area contributed by atoms with Gasteiger partial charge >= 0.3 is 13.8 Å². The van der Waals surface area contributed by atoms with E-state index in [-0.39, 0.29) is 0 Å². The molecule has 3 atom stereocenters. The lowest BCUT2D eigenvalue weighted by atomic mass is 10.1. The third-order valence-electron chi connectivity index (χ3n) is 1.49. The summed E-state index contributed by atoms with van der Waals surface area (Å²) in [5, 5.41) is 26.5. The van der Waals surface area contributed by atoms with Gasteiger partial charge in [-0.05, 0) is 0 Å². The summed E-state index contributed by atoms with van der Waals surface area (Å²) in [6.45, 7) is -0.902. The number of hydrogen-bond acceptors (Lipinski definition) is 7. The van der Waals surface area contributed by atoms with Crippen LogP contribution in [-0.4, -0.2) is 57.1 Å². The van der Waals surface area contributed by atoms with Crippen LogP contribution in [-0.2, 0) is 18.7 Å². The molecular weight excluding hydrogens is 247 g/mol. The van der Waals surface area contributed by atoms with Gasteiger partial charge in [-0.15, -0.1) is 0 Å². The van der Waals surface area contributed by atoms with Gasteiger partial charge in [0.1, 0.15) is 6.10 Å². The molecule has 0 aliphatic rings. The van der Waals surface area contributed by atoms with Crippen LogP contribution in [0.15, 0.2) is 0 Å². The van der Waals surface area contributed by atoms with Crippen molar-refractivity contribution < 1.29 is 43.8 Å². The van der Waals surface area contributed by atoms with Crippen LogP contribution in [0.2, 0.25) is 0 Å². The van der Waals surface area contributed by atoms with E-state index < -0.39 is 44.8 Å². The van der Waals surface area contributed by atoms with Crippen molar-refractivity contribution >= 4 is 19.6 Å². The Hall–Kier alpha value is -0.830. The average Bonchev–Trinajstić information content (AvgIpc) is 2.25. The molecule has 0 amide bonds. The SMILES string of the molecule is [2H]OP(=O)(O)OC[C@@H](O)[C@@H](O)CC(=O)C(=O)O. The van der Waals surface area contributed by atoms with Gasteiger partial charge in [0, 0.05) is 6.42 Å². The van der Waals surface area contributed by atoms with Crippen molar-refractivity contribution in [3.8, 4) is 0 Å². The van der Waals surface area contributed by atoms with Gasteiger partial charge in [-0.2, -0.15) is 0 Å². The molecule has 0 radical (unpaired) electrons. The quantitative estimate of drug-likeness (QED) is 0.242. The summed E-state index contributed by atoms with van der Waals surface area (Å²) in [4.78, 5) is 32.6. The highest BCUT2D eigenvalue weighted by atomic mass is 31.2. The molecule has 1 unspecified atom stereocenters. The molecule has 0 aromatic rings. The molecule has 0 aliphatic heterocycles. The van der Waals surface area contributed by atoms with Crippen LogP contribution < -0.4 is 0 Å². The van der Waals surface area contributed by atoms with E-state index >= 15 is 0 Å². The van der Waals surface area contributed by atoms with Crippen LogP contribution in [0.25, 0.3) is 0 Å². The van der Waals surface area contributed by atoms with E-state index in [2.05, 4.69) is 9.42 Å². The van der Waals surface area contributed by atoms with Crippen molar-refractivity contribution in [3.05, 3.63) is 0 Å². The number of aliphatic hydroxyl groups is 2. The number of phosphoric ester groups is 1. The third kappa shape index (κ3) is 6.62. The van der Waals surface area contributed by atoms with Gasteiger partial charge < -0.3 is 25.1 Å². The highest BCUT2D eigenvalue weighted by molar-refractivity contribution is 7.46. The predicted octanol–water partition coefficient (Wildman–Crippen LogP) is -2.14. The van der Waals surface area contributed by atoms with Gasteiger partial charge in [-0.25, -0.2) is 9.36 Å². The molecule has 0 aliphatic carbocycles. The zero-order valence-corrected chi connectivity index (χ0v) is 8.74. The standard InChI is InChI=1S/C6H11O9P/c7-3(1-4(8)6(10)11)5(9)2-15-16(12,13)14/h3,5,7,9H,1-2H2,(H,10,11)(H2,12,13,14)/t3-,5+/m0/s1/i/hD. The summed E-state index contributed by atoms with van der Waals surface area (Å²) in [6.07, 6.45) is -4.42. The maximum atomic E-state index is 10.6. The van der Waals surface area contributed by atoms with E-state index in [0.717, 1.165) is 0 Å². The topological polar surface area (TPSA) is 162 Å². The Morgan fingerprint density at radius 1 is 1.38 bits per heavy atom. The molecule has 0 saturated heterocycles. The molecule has 10 heteroatoms. The minimum Gasteiger partial charge on any atom is -0.475 e. The monoisotopic (exact) mass is 259 g/mol. The molecular formula is C6H11O9P. The van der Waals surface area contributed by atoms with Gasteiger partial charge in [-0.3, -0.25) is 9.32 Å². The smallest absolute Gasteiger partial charge is 0.469 e. The number of carboxylic acids is 1. The Labute approximate surface area is 91.0 Å². The number of carbonyl (C=O) groups excluding carboxylic acids is 1. The molecule has 94 valence electrons. The van der Waals surface area contributed by atoms with E-state index in [1.54, 1.807) is 0 Å². The first-order chi connectivity index (χ1) is 7.69. The van der Waals surface area contributed by atoms with Crippen LogP contribution >= 0.6 is 7.82 Å². The fourth-order valence-electron chi connectivity index (χ4n) is 0.695. The Kier molecular flexibility index (Phi) is 5.00. The molecule has 0 aromatic carbocycles. The second-order valence-corrected chi connectivity index (χ2v) is 4.03. The Morgan fingerprint density at radius 2 is 1.94 bits per heavy atom. The molecule has 0 saturated carbocycles. The van der Waals surface area contributed by atoms with Gasteiger partial charge in [0.25, 0.3) is 0 Å². The number of phosphoric acid groups is 1. The van der Waals surface area contributed by atoms with Crippen LogP contribution in [0.3, 0.4) is 0 Å². The summed E-state index contributed by atoms with van der Waals surface area (Å²) >= 11 is 0. The number of rotatable bonds is 8. The largest absolute Gasteiger partial charge is 0.475 e. The van der Waals surface area contributed by atoms with E-state index in [9.17, 15) is 14.2 Å². The molecule has 0 rings (SSSR count). The number of ketones is 1. The minimum atomic E-state index is -4.63. The minimum absolute atomic E-state index is 0.878. The lowest BCUT2D eigenvalue weighted by Gasteiger charge is -2.16. The summed E-state index contributed by atoms with van der Waals surface area (Å²) in [5.41, 5.74) is 0. The van der Waals surface area contributed by atoms with Crippen molar-refractivity contribution in [2.24, 2.45) is 0 Å². The fraction of sp³-hybridized carbons (Fsp3) is 0.667. The first kappa shape index (κ1) is 13.2. The molecule has 0 spiro atoms. The molecule has 0 bridgehead atoms. The van der Waals surface area contributed by atoms with Crippen LogP contribution in [0, 0.1) is 0 Å². The Morgan fingerprint density at radius 3 is 2.38 bits per heavy atom. The summed E-state index contributed by atoms with van der Waals surface area (Å²) in [6, 6.07) is 0. The highest BCUT2D eigenvalue weighted by Gasteiger charge is 2.26. The van der Waals surface area contributed by atoms with Gasteiger partial charge in [0.05, 0.1) is 12.7 Å². The van der Waals surface area contributed by atoms with Crippen LogP contribution in [0.5, 0.6) is 0 Å². The van der Waals surface area contributed by atoms with E-state index in [4.69, 9.17) is 21.6 Å². The number of aliphatic carboxylic acids is 1. The molecule has 16 heavy (non-hydrogen) atoms. The number of carboxylic acid groups (broad SMARTS) is 1. The average molecular weight is 259 g/mol. The lowest BCUT2D eigenvalue weighted by Crippen LogP contribution is -2.33. The van der Waals surface area contributed by atoms with Crippen molar-refractivity contribution in [3.63, 3.8) is 0 Å². The Balaban J connectivity index is 4.15. The molecule has 0 fully saturated rings. The number of hydrogen-bond donors (Lipinski definition) is 5. The molecule has 0 aromatic heterocycles. The molecule has 0 heterocycles. The van der Waals surface area contributed by atoms with Crippen LogP contribution in [0.1, 0.15) is 6.42 Å². The maximum absolute atomic E-state index is 10.6. The summed E-state index contributed by atoms with van der Waals surface area (Å²) < 4.78 is 20.8. The van der Waals surface area contributed by atoms with Gasteiger partial charge in [-0.1, -0.05) is 0 Å². The Bertz CT molecular complexity index is 331. The number of Topliss-reactive ketones (excluding diaryl/α,β-unsaturated/α-hetero) is 1. The van der Waals surface area contributed by atoms with Crippen molar-refractivity contribution in [1.82, 2.24) is 0 Å². The highest BCUT2D eigenvalue weighted by Crippen LogP contribution is 2.35. The van der Waals surface area contributed by atoms with E-state index in [0.29, 0.717) is 0 Å². The molecule has 9 nitrogen and oxygen atoms in total. The molecule has 5 N–H and O–H groups in total. The van der Waals surface area contributed by atoms with Crippen molar-refractivity contribution in [2.45, 2.75) is 18.6 Å². The first-order valence-corrected chi connectivity index (χ1v) is 5.43. The van der Waals surface area contributed by atoms with Crippen molar-refractivity contribution in [1.29, 1.82) is 1.43 Å². The first-order valence-electron chi connectivity index (χ1n) is 4.35. The normalized spacial score (nSPS) is 19.3. The fourth-order valence-corrected chi connectivity index (χ4v) is 1.04. The zero-order valence-electron chi connectivity index (χ0n) is 8.85. The van der Waals surface area contributed by atoms with Gasteiger partial charge in [0.2, 0.25) is 7.21 Å². The second-order valence-electron chi connectivity index (χ2n) is 2.83. The van der Waals surface area contributed by atoms with E-state index in [1.807, 2.05) is 0 Å². The summed E-state index contributed by atoms with van der Waals surface area (Å²) in [5.74, 6) is -3.11.